The Hall–Kier alpha value is -2.40. The van der Waals surface area contributed by atoms with E-state index in [1.165, 1.54) is 0 Å². The van der Waals surface area contributed by atoms with Crippen LogP contribution in [0.5, 0.6) is 0 Å². The van der Waals surface area contributed by atoms with Gasteiger partial charge in [0.2, 0.25) is 10.4 Å². The largest absolute Gasteiger partial charge is 0.726 e. The molecule has 0 spiro atoms. The maximum Gasteiger partial charge on any atom is 0.336 e. The third kappa shape index (κ3) is 14.6. The summed E-state index contributed by atoms with van der Waals surface area (Å²) in [4.78, 5) is 0. The maximum atomic E-state index is 13.4. The molecule has 3 aliphatic heterocycles. The Bertz CT molecular complexity index is 2130. The zero-order valence-corrected chi connectivity index (χ0v) is 39.7. The van der Waals surface area contributed by atoms with Gasteiger partial charge in [-0.15, -0.1) is 0 Å². The minimum Gasteiger partial charge on any atom is -0.726 e. The fraction of sp³-hybridized carbons (Fsp3) is 0.581. The first-order chi connectivity index (χ1) is 30.9. The average molecular weight is 960 g/mol. The number of nitrogens with one attached hydrogen (secondary N) is 2. The van der Waals surface area contributed by atoms with Crippen LogP contribution >= 0.6 is 7.91 Å². The molecule has 3 heterocycles. The molecule has 3 aliphatic rings. The zero-order chi connectivity index (χ0) is 46.9. The van der Waals surface area contributed by atoms with Crippen molar-refractivity contribution in [3.63, 3.8) is 0 Å². The highest BCUT2D eigenvalue weighted by Crippen LogP contribution is 2.41. The van der Waals surface area contributed by atoms with Crippen LogP contribution in [-0.4, -0.2) is 130 Å². The number of rotatable bonds is 21. The van der Waals surface area contributed by atoms with Crippen molar-refractivity contribution in [2.75, 3.05) is 13.7 Å². The second-order valence-electron chi connectivity index (χ2n) is 16.5. The van der Waals surface area contributed by atoms with E-state index in [-0.39, 0.29) is 37.2 Å². The predicted octanol–water partition coefficient (Wildman–Crippen LogP) is 3.91. The molecule has 15 atom stereocenters. The summed E-state index contributed by atoms with van der Waals surface area (Å²) in [5.41, 5.74) is 2.43. The van der Waals surface area contributed by atoms with Gasteiger partial charge >= 0.3 is 10.3 Å². The molecule has 17 nitrogen and oxygen atoms in total. The van der Waals surface area contributed by atoms with Gasteiger partial charge in [-0.1, -0.05) is 113 Å². The van der Waals surface area contributed by atoms with Gasteiger partial charge in [0, 0.05) is 18.4 Å². The van der Waals surface area contributed by atoms with E-state index >= 15 is 0 Å². The lowest BCUT2D eigenvalue weighted by molar-refractivity contribution is -0.347. The zero-order valence-electron chi connectivity index (χ0n) is 37.2. The number of ether oxygens (including phenoxy) is 7. The molecule has 4 radical (unpaired) electrons. The van der Waals surface area contributed by atoms with E-state index in [4.69, 9.17) is 61.2 Å². The SMILES string of the molecule is [B]P([B])O[C@@H]1C(NC)[C@@H](OC2C(C)O[C@@H](C)C(OS(=O)(=O)[O-])[C@@H]2OCc2ccccc2)OC(COS(=O)(=O)NCc2ccccc2)[C@H]1O[C@@H]1OC(C)C(C)[C@@H](OCc2ccccc2)C1C. The summed E-state index contributed by atoms with van der Waals surface area (Å²) in [6, 6.07) is 26.8. The van der Waals surface area contributed by atoms with E-state index in [0.29, 0.717) is 12.2 Å². The second-order valence-corrected chi connectivity index (χ2v) is 19.9. The molecule has 0 bridgehead atoms. The van der Waals surface area contributed by atoms with Gasteiger partial charge in [0.15, 0.2) is 12.6 Å². The third-order valence-corrected chi connectivity index (χ3v) is 13.7. The molecule has 3 aromatic carbocycles. The smallest absolute Gasteiger partial charge is 0.336 e. The van der Waals surface area contributed by atoms with Crippen LogP contribution in [0.15, 0.2) is 91.0 Å². The van der Waals surface area contributed by atoms with Gasteiger partial charge in [0.25, 0.3) is 0 Å². The lowest BCUT2D eigenvalue weighted by Gasteiger charge is -2.51. The van der Waals surface area contributed by atoms with Crippen molar-refractivity contribution in [2.45, 2.75) is 134 Å². The molecule has 0 aromatic heterocycles. The minimum absolute atomic E-state index is 0.0200. The Morgan fingerprint density at radius 2 is 1.17 bits per heavy atom. The normalized spacial score (nSPS) is 33.5. The van der Waals surface area contributed by atoms with E-state index in [1.807, 2.05) is 87.5 Å². The van der Waals surface area contributed by atoms with E-state index in [0.717, 1.165) is 11.1 Å². The summed E-state index contributed by atoms with van der Waals surface area (Å²) in [7, 11) is 2.20. The minimum atomic E-state index is -5.26. The molecule has 0 amide bonds. The predicted molar refractivity (Wildman–Crippen MR) is 240 cm³/mol. The van der Waals surface area contributed by atoms with Crippen molar-refractivity contribution < 1.29 is 67.4 Å². The lowest BCUT2D eigenvalue weighted by atomic mass is 9.86. The molecule has 3 fully saturated rings. The number of likely N-dealkylation sites (N-methyl/N-ethyl adjacent to an activating group) is 1. The van der Waals surface area contributed by atoms with E-state index in [9.17, 15) is 21.4 Å². The molecule has 3 saturated heterocycles. The van der Waals surface area contributed by atoms with Crippen molar-refractivity contribution >= 4 is 43.7 Å². The molecule has 8 unspecified atom stereocenters. The van der Waals surface area contributed by atoms with Gasteiger partial charge < -0.3 is 47.6 Å². The van der Waals surface area contributed by atoms with Gasteiger partial charge in [-0.25, -0.2) is 8.42 Å². The van der Waals surface area contributed by atoms with Crippen molar-refractivity contribution in [3.05, 3.63) is 108 Å². The first-order valence-corrected chi connectivity index (χ1v) is 25.6. The van der Waals surface area contributed by atoms with E-state index in [1.54, 1.807) is 45.2 Å². The molecular formula is C43H58B2N2O15PS2-. The summed E-state index contributed by atoms with van der Waals surface area (Å²) < 4.78 is 128. The van der Waals surface area contributed by atoms with Crippen molar-refractivity contribution in [2.24, 2.45) is 11.8 Å². The van der Waals surface area contributed by atoms with Gasteiger partial charge in [-0.2, -0.15) is 13.1 Å². The van der Waals surface area contributed by atoms with Gasteiger partial charge in [0.05, 0.1) is 50.3 Å². The van der Waals surface area contributed by atoms with E-state index < -0.39 is 103 Å². The van der Waals surface area contributed by atoms with Crippen molar-refractivity contribution in [1.82, 2.24) is 10.0 Å². The first-order valence-electron chi connectivity index (χ1n) is 21.5. The highest BCUT2D eigenvalue weighted by molar-refractivity contribution is 7.97. The van der Waals surface area contributed by atoms with Gasteiger partial charge in [-0.3, -0.25) is 8.37 Å². The van der Waals surface area contributed by atoms with Crippen LogP contribution in [0.4, 0.5) is 0 Å². The van der Waals surface area contributed by atoms with Crippen LogP contribution in [0.3, 0.4) is 0 Å². The van der Waals surface area contributed by atoms with Gasteiger partial charge in [-0.05, 0) is 44.5 Å². The molecular weight excluding hydrogens is 901 g/mol. The molecule has 0 saturated carbocycles. The number of hydrogen-bond donors (Lipinski definition) is 2. The molecule has 6 rings (SSSR count). The molecule has 22 heteroatoms. The van der Waals surface area contributed by atoms with Crippen molar-refractivity contribution in [1.29, 1.82) is 0 Å². The summed E-state index contributed by atoms with van der Waals surface area (Å²) in [6.45, 7) is 8.78. The van der Waals surface area contributed by atoms with Crippen LogP contribution in [0.2, 0.25) is 0 Å². The monoisotopic (exact) mass is 959 g/mol. The average Bonchev–Trinajstić information content (AvgIpc) is 3.27. The summed E-state index contributed by atoms with van der Waals surface area (Å²) in [5.74, 6) is -0.419. The second kappa shape index (κ2) is 23.7. The van der Waals surface area contributed by atoms with Crippen LogP contribution < -0.4 is 10.0 Å². The maximum absolute atomic E-state index is 13.4. The Balaban J connectivity index is 1.32. The standard InChI is InChI=1S/C43H59B2N2O15PS2/c1-26-28(3)57-42(27(2)36(26)53-23-32-18-12-8-13-19-32)60-39-34(25-55-64(48,49)47-22-31-16-10-7-11-17-31)58-43(35(46-6)40(39)61-63(44)45)59-37-29(4)56-30(5)38(62-65(50,51)52)41(37)54-24-33-20-14-9-15-21-33/h7-21,26-30,34-43,46-47H,22-25H2,1-6H3,(H,50,51,52)/p-1/t26?,27?,28?,29?,30-,34?,35?,36+,37?,38?,39+,40+,41+,42-,43+/m0/s1. The molecule has 0 aliphatic carbocycles. The molecule has 65 heavy (non-hydrogen) atoms. The molecule has 3 aromatic rings. The number of hydrogen-bond acceptors (Lipinski definition) is 16. The Labute approximate surface area is 386 Å². The summed E-state index contributed by atoms with van der Waals surface area (Å²) in [6.07, 6.45) is -12.2. The fourth-order valence-electron chi connectivity index (χ4n) is 8.38. The van der Waals surface area contributed by atoms with Crippen LogP contribution in [0.1, 0.15) is 51.3 Å². The summed E-state index contributed by atoms with van der Waals surface area (Å²) in [5, 5.41) is 3.17. The first kappa shape index (κ1) is 52.0. The third-order valence-electron chi connectivity index (χ3n) is 11.8. The Morgan fingerprint density at radius 1 is 0.631 bits per heavy atom. The van der Waals surface area contributed by atoms with Crippen LogP contribution in [-0.2, 0) is 86.5 Å². The van der Waals surface area contributed by atoms with Crippen molar-refractivity contribution in [3.8, 4) is 0 Å². The van der Waals surface area contributed by atoms with Crippen LogP contribution in [0.25, 0.3) is 0 Å². The molecule has 2 N–H and O–H groups in total. The quantitative estimate of drug-likeness (QED) is 0.0672. The van der Waals surface area contributed by atoms with E-state index in [2.05, 4.69) is 10.0 Å². The summed E-state index contributed by atoms with van der Waals surface area (Å²) >= 11 is 0. The Morgan fingerprint density at radius 3 is 1.72 bits per heavy atom. The number of benzene rings is 3. The highest BCUT2D eigenvalue weighted by atomic mass is 32.3. The lowest BCUT2D eigenvalue weighted by Crippen LogP contribution is -2.68. The van der Waals surface area contributed by atoms with Crippen LogP contribution in [0, 0.1) is 11.8 Å². The molecule has 354 valence electrons. The topological polar surface area (TPSA) is 208 Å². The Kier molecular flexibility index (Phi) is 19.0. The van der Waals surface area contributed by atoms with Gasteiger partial charge in [0.1, 0.15) is 51.8 Å². The fourth-order valence-corrected chi connectivity index (χ4v) is 10.2. The highest BCUT2D eigenvalue weighted by Gasteiger charge is 2.54.